The second kappa shape index (κ2) is 6.34. The van der Waals surface area contributed by atoms with Crippen LogP contribution in [0.5, 0.6) is 0 Å². The SMILES string of the molecule is CC(=O)N1CCCN(C(=O)N2CSC[C@H]2C(=O)O)CC1. The molecule has 20 heavy (non-hydrogen) atoms. The van der Waals surface area contributed by atoms with Crippen LogP contribution in [0.2, 0.25) is 0 Å². The monoisotopic (exact) mass is 301 g/mol. The standard InChI is InChI=1S/C12H19N3O4S/c1-9(16)13-3-2-4-14(6-5-13)12(19)15-8-20-7-10(15)11(17)18/h10H,2-8H2,1H3,(H,17,18)/t10-/m0/s1. The van der Waals surface area contributed by atoms with Crippen LogP contribution in [0.1, 0.15) is 13.3 Å². The highest BCUT2D eigenvalue weighted by molar-refractivity contribution is 7.99. The van der Waals surface area contributed by atoms with E-state index in [1.54, 1.807) is 9.80 Å². The Hall–Kier alpha value is -1.44. The number of aliphatic carboxylic acids is 1. The molecule has 2 heterocycles. The van der Waals surface area contributed by atoms with Gasteiger partial charge in [-0.2, -0.15) is 0 Å². The molecule has 0 unspecified atom stereocenters. The quantitative estimate of drug-likeness (QED) is 0.744. The molecule has 2 aliphatic rings. The average Bonchev–Trinajstić information content (AvgIpc) is 2.75. The number of carboxylic acids is 1. The Labute approximate surface area is 121 Å². The van der Waals surface area contributed by atoms with Crippen LogP contribution in [-0.4, -0.2) is 81.6 Å². The average molecular weight is 301 g/mol. The minimum absolute atomic E-state index is 0.0134. The molecule has 3 amide bonds. The van der Waals surface area contributed by atoms with Crippen LogP contribution in [-0.2, 0) is 9.59 Å². The van der Waals surface area contributed by atoms with Crippen molar-refractivity contribution in [1.29, 1.82) is 0 Å². The Morgan fingerprint density at radius 2 is 1.75 bits per heavy atom. The lowest BCUT2D eigenvalue weighted by Crippen LogP contribution is -2.49. The van der Waals surface area contributed by atoms with Gasteiger partial charge in [0.2, 0.25) is 5.91 Å². The molecule has 2 rings (SSSR count). The van der Waals surface area contributed by atoms with Crippen molar-refractivity contribution in [2.24, 2.45) is 0 Å². The molecule has 2 saturated heterocycles. The van der Waals surface area contributed by atoms with Gasteiger partial charge in [-0.15, -0.1) is 11.8 Å². The summed E-state index contributed by atoms with van der Waals surface area (Å²) in [6, 6.07) is -0.965. The molecule has 8 heteroatoms. The number of hydrogen-bond donors (Lipinski definition) is 1. The zero-order valence-electron chi connectivity index (χ0n) is 11.4. The minimum atomic E-state index is -0.955. The van der Waals surface area contributed by atoms with Gasteiger partial charge >= 0.3 is 12.0 Å². The summed E-state index contributed by atoms with van der Waals surface area (Å²) in [6.07, 6.45) is 0.726. The third-order valence-corrected chi connectivity index (χ3v) is 4.64. The summed E-state index contributed by atoms with van der Waals surface area (Å²) >= 11 is 1.45. The number of nitrogens with zero attached hydrogens (tertiary/aromatic N) is 3. The number of carboxylic acid groups (broad SMARTS) is 1. The highest BCUT2D eigenvalue weighted by Crippen LogP contribution is 2.23. The maximum absolute atomic E-state index is 12.4. The Morgan fingerprint density at radius 1 is 1.10 bits per heavy atom. The highest BCUT2D eigenvalue weighted by atomic mass is 32.2. The van der Waals surface area contributed by atoms with Gasteiger partial charge in [0.15, 0.2) is 0 Å². The fourth-order valence-electron chi connectivity index (χ4n) is 2.44. The molecule has 0 saturated carbocycles. The molecule has 1 atom stereocenters. The molecular weight excluding hydrogens is 282 g/mol. The molecule has 112 valence electrons. The summed E-state index contributed by atoms with van der Waals surface area (Å²) in [5.74, 6) is -0.0834. The molecule has 0 aromatic rings. The molecule has 0 aromatic carbocycles. The van der Waals surface area contributed by atoms with E-state index in [4.69, 9.17) is 5.11 Å². The van der Waals surface area contributed by atoms with Crippen molar-refractivity contribution >= 4 is 29.7 Å². The van der Waals surface area contributed by atoms with Crippen LogP contribution in [0.15, 0.2) is 0 Å². The molecule has 0 spiro atoms. The Balaban J connectivity index is 1.98. The molecule has 0 bridgehead atoms. The third-order valence-electron chi connectivity index (χ3n) is 3.62. The first-order valence-corrected chi connectivity index (χ1v) is 7.78. The van der Waals surface area contributed by atoms with E-state index in [0.717, 1.165) is 6.42 Å². The lowest BCUT2D eigenvalue weighted by atomic mass is 10.3. The van der Waals surface area contributed by atoms with Gasteiger partial charge in [-0.05, 0) is 6.42 Å². The van der Waals surface area contributed by atoms with E-state index < -0.39 is 12.0 Å². The summed E-state index contributed by atoms with van der Waals surface area (Å²) in [6.45, 7) is 3.72. The summed E-state index contributed by atoms with van der Waals surface area (Å²) in [5, 5.41) is 9.12. The maximum atomic E-state index is 12.4. The lowest BCUT2D eigenvalue weighted by Gasteiger charge is -2.28. The van der Waals surface area contributed by atoms with Crippen molar-refractivity contribution in [2.75, 3.05) is 37.8 Å². The summed E-state index contributed by atoms with van der Waals surface area (Å²) in [7, 11) is 0. The predicted octanol–water partition coefficient (Wildman–Crippen LogP) is 0.120. The highest BCUT2D eigenvalue weighted by Gasteiger charge is 2.37. The van der Waals surface area contributed by atoms with Gasteiger partial charge in [0.25, 0.3) is 0 Å². The Kier molecular flexibility index (Phi) is 4.74. The van der Waals surface area contributed by atoms with Crippen LogP contribution in [0.4, 0.5) is 4.79 Å². The molecule has 0 radical (unpaired) electrons. The van der Waals surface area contributed by atoms with Gasteiger partial charge in [0.1, 0.15) is 6.04 Å². The topological polar surface area (TPSA) is 81.2 Å². The summed E-state index contributed by atoms with van der Waals surface area (Å²) in [4.78, 5) is 39.7. The second-order valence-electron chi connectivity index (χ2n) is 4.95. The van der Waals surface area contributed by atoms with E-state index in [-0.39, 0.29) is 11.9 Å². The smallest absolute Gasteiger partial charge is 0.327 e. The number of hydrogen-bond acceptors (Lipinski definition) is 4. The second-order valence-corrected chi connectivity index (χ2v) is 5.95. The summed E-state index contributed by atoms with van der Waals surface area (Å²) in [5.41, 5.74) is 0. The molecule has 2 fully saturated rings. The molecular formula is C12H19N3O4S. The molecule has 1 N–H and O–H groups in total. The third kappa shape index (κ3) is 3.17. The largest absolute Gasteiger partial charge is 0.480 e. The number of carbonyl (C=O) groups excluding carboxylic acids is 2. The van der Waals surface area contributed by atoms with E-state index in [1.165, 1.54) is 23.6 Å². The van der Waals surface area contributed by atoms with Crippen LogP contribution < -0.4 is 0 Å². The van der Waals surface area contributed by atoms with E-state index in [9.17, 15) is 14.4 Å². The van der Waals surface area contributed by atoms with E-state index >= 15 is 0 Å². The predicted molar refractivity (Wildman–Crippen MR) is 74.4 cm³/mol. The van der Waals surface area contributed by atoms with Gasteiger partial charge in [0, 0.05) is 38.9 Å². The fraction of sp³-hybridized carbons (Fsp3) is 0.750. The van der Waals surface area contributed by atoms with Crippen LogP contribution in [0, 0.1) is 0 Å². The first kappa shape index (κ1) is 15.0. The molecule has 0 aromatic heterocycles. The van der Waals surface area contributed by atoms with E-state index in [2.05, 4.69) is 0 Å². The summed E-state index contributed by atoms with van der Waals surface area (Å²) < 4.78 is 0. The van der Waals surface area contributed by atoms with Crippen LogP contribution in [0.25, 0.3) is 0 Å². The number of carbonyl (C=O) groups is 3. The molecule has 7 nitrogen and oxygen atoms in total. The molecule has 0 aliphatic carbocycles. The zero-order chi connectivity index (χ0) is 14.7. The Morgan fingerprint density at radius 3 is 2.40 bits per heavy atom. The first-order chi connectivity index (χ1) is 9.50. The molecule has 2 aliphatic heterocycles. The zero-order valence-corrected chi connectivity index (χ0v) is 12.3. The maximum Gasteiger partial charge on any atom is 0.327 e. The lowest BCUT2D eigenvalue weighted by molar-refractivity contribution is -0.141. The number of urea groups is 1. The van der Waals surface area contributed by atoms with Crippen molar-refractivity contribution < 1.29 is 19.5 Å². The number of amides is 3. The van der Waals surface area contributed by atoms with Crippen molar-refractivity contribution in [3.8, 4) is 0 Å². The van der Waals surface area contributed by atoms with Crippen molar-refractivity contribution in [3.63, 3.8) is 0 Å². The fourth-order valence-corrected chi connectivity index (χ4v) is 3.58. The van der Waals surface area contributed by atoms with E-state index in [1.807, 2.05) is 0 Å². The van der Waals surface area contributed by atoms with Gasteiger partial charge in [-0.3, -0.25) is 4.79 Å². The normalized spacial score (nSPS) is 23.6. The Bertz CT molecular complexity index is 418. The number of rotatable bonds is 1. The van der Waals surface area contributed by atoms with Crippen molar-refractivity contribution in [2.45, 2.75) is 19.4 Å². The van der Waals surface area contributed by atoms with Crippen LogP contribution >= 0.6 is 11.8 Å². The van der Waals surface area contributed by atoms with Gasteiger partial charge in [-0.1, -0.05) is 0 Å². The van der Waals surface area contributed by atoms with Gasteiger partial charge < -0.3 is 19.8 Å². The van der Waals surface area contributed by atoms with Gasteiger partial charge in [0.05, 0.1) is 5.88 Å². The van der Waals surface area contributed by atoms with Crippen LogP contribution in [0.3, 0.4) is 0 Å². The van der Waals surface area contributed by atoms with E-state index in [0.29, 0.717) is 37.8 Å². The van der Waals surface area contributed by atoms with Crippen molar-refractivity contribution in [3.05, 3.63) is 0 Å². The van der Waals surface area contributed by atoms with Gasteiger partial charge in [-0.25, -0.2) is 9.59 Å². The minimum Gasteiger partial charge on any atom is -0.480 e. The number of thioether (sulfide) groups is 1. The van der Waals surface area contributed by atoms with Crippen molar-refractivity contribution in [1.82, 2.24) is 14.7 Å². The first-order valence-electron chi connectivity index (χ1n) is 6.62.